The van der Waals surface area contributed by atoms with Crippen molar-refractivity contribution in [3.05, 3.63) is 44.8 Å². The molecule has 4 heteroatoms. The lowest BCUT2D eigenvalue weighted by Gasteiger charge is -2.09. The summed E-state index contributed by atoms with van der Waals surface area (Å²) < 4.78 is 2.25. The highest BCUT2D eigenvalue weighted by Gasteiger charge is 2.08. The molecule has 84 valence electrons. The average Bonchev–Trinajstić information content (AvgIpc) is 2.32. The van der Waals surface area contributed by atoms with Crippen molar-refractivity contribution in [3.63, 3.8) is 0 Å². The fraction of sp³-hybridized carbons (Fsp3) is 0.167. The quantitative estimate of drug-likeness (QED) is 0.458. The van der Waals surface area contributed by atoms with Crippen molar-refractivity contribution in [2.75, 3.05) is 5.33 Å². The van der Waals surface area contributed by atoms with Gasteiger partial charge in [-0.15, -0.1) is 0 Å². The lowest BCUT2D eigenvalue weighted by molar-refractivity contribution is 1.16. The van der Waals surface area contributed by atoms with Gasteiger partial charge in [0.15, 0.2) is 0 Å². The Morgan fingerprint density at radius 2 is 1.56 bits per heavy atom. The highest BCUT2D eigenvalue weighted by atomic mass is 79.9. The van der Waals surface area contributed by atoms with E-state index in [1.165, 1.54) is 16.3 Å². The SMILES string of the molecule is BrCC(Br)c1ccc2c(Br)ccc(Br)c2c1. The average molecular weight is 472 g/mol. The number of hydrogen-bond donors (Lipinski definition) is 0. The molecule has 2 rings (SSSR count). The summed E-state index contributed by atoms with van der Waals surface area (Å²) in [7, 11) is 0. The van der Waals surface area contributed by atoms with Crippen molar-refractivity contribution >= 4 is 74.5 Å². The standard InChI is InChI=1S/C12H8Br4/c13-6-12(16)7-1-2-8-9(5-7)11(15)4-3-10(8)14/h1-5,12H,6H2. The Hall–Kier alpha value is 0.620. The van der Waals surface area contributed by atoms with Gasteiger partial charge in [0.25, 0.3) is 0 Å². The lowest BCUT2D eigenvalue weighted by atomic mass is 10.1. The van der Waals surface area contributed by atoms with Crippen LogP contribution in [0.5, 0.6) is 0 Å². The second kappa shape index (κ2) is 5.51. The van der Waals surface area contributed by atoms with Gasteiger partial charge in [-0.1, -0.05) is 75.9 Å². The molecule has 0 aliphatic carbocycles. The van der Waals surface area contributed by atoms with Crippen LogP contribution >= 0.6 is 63.7 Å². The topological polar surface area (TPSA) is 0 Å². The zero-order valence-corrected chi connectivity index (χ0v) is 14.5. The van der Waals surface area contributed by atoms with E-state index in [-0.39, 0.29) is 0 Å². The summed E-state index contributed by atoms with van der Waals surface area (Å²) in [5.74, 6) is 0. The first-order valence-corrected chi connectivity index (χ1v) is 8.33. The van der Waals surface area contributed by atoms with Gasteiger partial charge in [0, 0.05) is 19.1 Å². The van der Waals surface area contributed by atoms with Crippen LogP contribution in [0.1, 0.15) is 10.4 Å². The summed E-state index contributed by atoms with van der Waals surface area (Å²) in [5, 5.41) is 3.37. The number of rotatable bonds is 2. The van der Waals surface area contributed by atoms with Gasteiger partial charge in [-0.05, 0) is 34.5 Å². The zero-order valence-electron chi connectivity index (χ0n) is 8.18. The summed E-state index contributed by atoms with van der Waals surface area (Å²) in [5.41, 5.74) is 1.28. The molecule has 1 atom stereocenters. The van der Waals surface area contributed by atoms with Gasteiger partial charge in [0.1, 0.15) is 0 Å². The van der Waals surface area contributed by atoms with E-state index in [1.807, 2.05) is 0 Å². The summed E-state index contributed by atoms with van der Waals surface area (Å²) in [6, 6.07) is 10.6. The fourth-order valence-electron chi connectivity index (χ4n) is 1.58. The van der Waals surface area contributed by atoms with Crippen LogP contribution in [0.25, 0.3) is 10.8 Å². The predicted molar refractivity (Wildman–Crippen MR) is 84.8 cm³/mol. The number of halogens is 4. The van der Waals surface area contributed by atoms with Gasteiger partial charge in [0.05, 0.1) is 0 Å². The molecular weight excluding hydrogens is 464 g/mol. The monoisotopic (exact) mass is 468 g/mol. The third-order valence-electron chi connectivity index (χ3n) is 2.43. The molecule has 0 fully saturated rings. The van der Waals surface area contributed by atoms with E-state index in [0.717, 1.165) is 14.3 Å². The minimum Gasteiger partial charge on any atom is -0.0912 e. The molecule has 0 nitrogen and oxygen atoms in total. The molecule has 16 heavy (non-hydrogen) atoms. The van der Waals surface area contributed by atoms with Crippen molar-refractivity contribution in [2.45, 2.75) is 4.83 Å². The first-order chi connectivity index (χ1) is 7.63. The Labute approximate surface area is 128 Å². The van der Waals surface area contributed by atoms with E-state index in [1.54, 1.807) is 0 Å². The number of alkyl halides is 2. The van der Waals surface area contributed by atoms with Crippen LogP contribution in [0.3, 0.4) is 0 Å². The molecule has 1 unspecified atom stereocenters. The van der Waals surface area contributed by atoms with Crippen LogP contribution in [0.15, 0.2) is 39.3 Å². The summed E-state index contributed by atoms with van der Waals surface area (Å²) in [4.78, 5) is 0.350. The van der Waals surface area contributed by atoms with E-state index in [9.17, 15) is 0 Å². The van der Waals surface area contributed by atoms with Crippen LogP contribution in [-0.4, -0.2) is 5.33 Å². The van der Waals surface area contributed by atoms with E-state index in [0.29, 0.717) is 4.83 Å². The van der Waals surface area contributed by atoms with Gasteiger partial charge in [-0.25, -0.2) is 0 Å². The van der Waals surface area contributed by atoms with Crippen molar-refractivity contribution in [1.82, 2.24) is 0 Å². The smallest absolute Gasteiger partial charge is 0.0492 e. The van der Waals surface area contributed by atoms with Crippen LogP contribution in [-0.2, 0) is 0 Å². The molecule has 0 spiro atoms. The molecular formula is C12H8Br4. The largest absolute Gasteiger partial charge is 0.0912 e. The van der Waals surface area contributed by atoms with Crippen LogP contribution < -0.4 is 0 Å². The molecule has 0 aliphatic rings. The van der Waals surface area contributed by atoms with E-state index in [4.69, 9.17) is 0 Å². The van der Waals surface area contributed by atoms with Gasteiger partial charge in [0.2, 0.25) is 0 Å². The molecule has 0 aliphatic heterocycles. The Balaban J connectivity index is 2.66. The molecule has 0 saturated heterocycles. The fourth-order valence-corrected chi connectivity index (χ4v) is 3.17. The predicted octanol–water partition coefficient (Wildman–Crippen LogP) is 6.20. The third-order valence-corrected chi connectivity index (χ3v) is 6.18. The molecule has 0 heterocycles. The van der Waals surface area contributed by atoms with Gasteiger partial charge in [-0.3, -0.25) is 0 Å². The lowest BCUT2D eigenvalue weighted by Crippen LogP contribution is -1.90. The van der Waals surface area contributed by atoms with E-state index < -0.39 is 0 Å². The van der Waals surface area contributed by atoms with Crippen molar-refractivity contribution in [2.24, 2.45) is 0 Å². The normalized spacial score (nSPS) is 13.0. The maximum Gasteiger partial charge on any atom is 0.0492 e. The third kappa shape index (κ3) is 2.55. The van der Waals surface area contributed by atoms with Crippen LogP contribution in [0, 0.1) is 0 Å². The molecule has 0 radical (unpaired) electrons. The second-order valence-electron chi connectivity index (χ2n) is 3.46. The summed E-state index contributed by atoms with van der Waals surface area (Å²) in [6.07, 6.45) is 0. The van der Waals surface area contributed by atoms with Gasteiger partial charge >= 0.3 is 0 Å². The molecule has 0 N–H and O–H groups in total. The van der Waals surface area contributed by atoms with Crippen molar-refractivity contribution in [1.29, 1.82) is 0 Å². The summed E-state index contributed by atoms with van der Waals surface area (Å²) >= 11 is 14.3. The van der Waals surface area contributed by atoms with E-state index in [2.05, 4.69) is 94.1 Å². The highest BCUT2D eigenvalue weighted by Crippen LogP contribution is 2.34. The molecule has 0 aromatic heterocycles. The first-order valence-electron chi connectivity index (χ1n) is 4.71. The minimum absolute atomic E-state index is 0.350. The van der Waals surface area contributed by atoms with Crippen LogP contribution in [0.2, 0.25) is 0 Å². The maximum absolute atomic E-state index is 3.64. The Morgan fingerprint density at radius 3 is 2.19 bits per heavy atom. The Kier molecular flexibility index (Phi) is 4.50. The maximum atomic E-state index is 3.64. The second-order valence-corrected chi connectivity index (χ2v) is 6.92. The minimum atomic E-state index is 0.350. The first kappa shape index (κ1) is 13.1. The molecule has 0 saturated carbocycles. The van der Waals surface area contributed by atoms with Crippen molar-refractivity contribution < 1.29 is 0 Å². The molecule has 0 bridgehead atoms. The van der Waals surface area contributed by atoms with Gasteiger partial charge in [-0.2, -0.15) is 0 Å². The number of benzene rings is 2. The zero-order chi connectivity index (χ0) is 11.7. The molecule has 0 amide bonds. The number of hydrogen-bond acceptors (Lipinski definition) is 0. The molecule has 2 aromatic rings. The van der Waals surface area contributed by atoms with Crippen LogP contribution in [0.4, 0.5) is 0 Å². The van der Waals surface area contributed by atoms with E-state index >= 15 is 0 Å². The summed E-state index contributed by atoms with van der Waals surface area (Å²) in [6.45, 7) is 0. The highest BCUT2D eigenvalue weighted by molar-refractivity contribution is 9.12. The Bertz CT molecular complexity index is 522. The Morgan fingerprint density at radius 1 is 0.938 bits per heavy atom. The van der Waals surface area contributed by atoms with Gasteiger partial charge < -0.3 is 0 Å². The van der Waals surface area contributed by atoms with Crippen molar-refractivity contribution in [3.8, 4) is 0 Å². The number of fused-ring (bicyclic) bond motifs is 1. The molecule has 2 aromatic carbocycles.